The summed E-state index contributed by atoms with van der Waals surface area (Å²) in [6, 6.07) is 19.3. The van der Waals surface area contributed by atoms with E-state index in [9.17, 15) is 24.8 Å². The molecule has 0 radical (unpaired) electrons. The van der Waals surface area contributed by atoms with Gasteiger partial charge in [-0.25, -0.2) is 0 Å². The normalized spacial score (nSPS) is 17.7. The molecule has 0 bridgehead atoms. The predicted octanol–water partition coefficient (Wildman–Crippen LogP) is 4.87. The monoisotopic (exact) mass is 434 g/mol. The minimum atomic E-state index is -0.987. The van der Waals surface area contributed by atoms with Crippen LogP contribution in [-0.2, 0) is 9.59 Å². The van der Waals surface area contributed by atoms with E-state index in [0.717, 1.165) is 0 Å². The van der Waals surface area contributed by atoms with Gasteiger partial charge in [-0.3, -0.25) is 24.6 Å². The Bertz CT molecular complexity index is 1220. The highest BCUT2D eigenvalue weighted by Gasteiger charge is 2.47. The van der Waals surface area contributed by atoms with Gasteiger partial charge in [-0.05, 0) is 35.9 Å². The van der Waals surface area contributed by atoms with E-state index >= 15 is 0 Å². The molecular formula is C23H15ClN2O5. The molecule has 7 nitrogen and oxygen atoms in total. The average Bonchev–Trinajstić information content (AvgIpc) is 3.04. The molecule has 4 rings (SSSR count). The molecule has 0 aromatic heterocycles. The van der Waals surface area contributed by atoms with Crippen molar-refractivity contribution in [2.75, 3.05) is 4.90 Å². The number of aliphatic hydroxyl groups is 1. The number of nitro benzene ring substituents is 1. The number of nitrogens with zero attached hydrogens (tertiary/aromatic N) is 2. The molecule has 1 amide bonds. The van der Waals surface area contributed by atoms with Crippen molar-refractivity contribution >= 4 is 40.4 Å². The highest BCUT2D eigenvalue weighted by atomic mass is 35.5. The minimum absolute atomic E-state index is 0.106. The third-order valence-electron chi connectivity index (χ3n) is 5.00. The molecular weight excluding hydrogens is 420 g/mol. The number of hydrogen-bond acceptors (Lipinski definition) is 5. The van der Waals surface area contributed by atoms with Crippen molar-refractivity contribution in [2.45, 2.75) is 6.04 Å². The zero-order valence-corrected chi connectivity index (χ0v) is 16.7. The van der Waals surface area contributed by atoms with Gasteiger partial charge in [0.15, 0.2) is 0 Å². The first-order valence-corrected chi connectivity index (χ1v) is 9.62. The van der Waals surface area contributed by atoms with Crippen LogP contribution in [0.1, 0.15) is 17.2 Å². The molecule has 1 aliphatic heterocycles. The number of amides is 1. The summed E-state index contributed by atoms with van der Waals surface area (Å²) in [5.74, 6) is -2.01. The Morgan fingerprint density at radius 2 is 1.65 bits per heavy atom. The molecule has 0 unspecified atom stereocenters. The van der Waals surface area contributed by atoms with Gasteiger partial charge in [0, 0.05) is 28.4 Å². The van der Waals surface area contributed by atoms with Gasteiger partial charge in [-0.1, -0.05) is 48.0 Å². The number of ketones is 1. The first-order valence-electron chi connectivity index (χ1n) is 9.25. The van der Waals surface area contributed by atoms with Crippen LogP contribution in [0.2, 0.25) is 5.02 Å². The number of rotatable bonds is 4. The third kappa shape index (κ3) is 3.67. The molecule has 0 saturated carbocycles. The average molecular weight is 435 g/mol. The number of carbonyl (C=O) groups excluding carboxylic acids is 2. The predicted molar refractivity (Wildman–Crippen MR) is 116 cm³/mol. The van der Waals surface area contributed by atoms with Crippen LogP contribution in [0.4, 0.5) is 11.4 Å². The molecule has 1 aliphatic rings. The van der Waals surface area contributed by atoms with E-state index in [2.05, 4.69) is 0 Å². The van der Waals surface area contributed by atoms with Crippen LogP contribution in [0, 0.1) is 10.1 Å². The van der Waals surface area contributed by atoms with Crippen LogP contribution in [0.3, 0.4) is 0 Å². The Morgan fingerprint density at radius 1 is 0.968 bits per heavy atom. The molecule has 1 saturated heterocycles. The van der Waals surface area contributed by atoms with Gasteiger partial charge in [0.2, 0.25) is 0 Å². The summed E-state index contributed by atoms with van der Waals surface area (Å²) >= 11 is 6.09. The summed E-state index contributed by atoms with van der Waals surface area (Å²) in [7, 11) is 0. The molecule has 0 aliphatic carbocycles. The van der Waals surface area contributed by atoms with Crippen LogP contribution < -0.4 is 4.90 Å². The second-order valence-electron chi connectivity index (χ2n) is 6.86. The fraction of sp³-hybridized carbons (Fsp3) is 0.0435. The second-order valence-corrected chi connectivity index (χ2v) is 7.30. The van der Waals surface area contributed by atoms with Crippen molar-refractivity contribution in [2.24, 2.45) is 0 Å². The first kappa shape index (κ1) is 20.3. The number of carbonyl (C=O) groups is 2. The lowest BCUT2D eigenvalue weighted by Gasteiger charge is -2.25. The van der Waals surface area contributed by atoms with Gasteiger partial charge in [-0.15, -0.1) is 0 Å². The van der Waals surface area contributed by atoms with E-state index in [1.165, 1.54) is 35.2 Å². The summed E-state index contributed by atoms with van der Waals surface area (Å²) in [6.07, 6.45) is 0. The van der Waals surface area contributed by atoms with E-state index in [-0.39, 0.29) is 17.0 Å². The SMILES string of the molecule is O=C1C(=O)N(c2cccc(Cl)c2)[C@@H](c2ccc([N+](=O)[O-])cc2)C1=C(O)c1ccccc1. The number of hydrogen-bond donors (Lipinski definition) is 1. The zero-order valence-electron chi connectivity index (χ0n) is 15.9. The van der Waals surface area contributed by atoms with Gasteiger partial charge in [0.25, 0.3) is 17.4 Å². The summed E-state index contributed by atoms with van der Waals surface area (Å²) in [5, 5.41) is 22.4. The van der Waals surface area contributed by atoms with Crippen molar-refractivity contribution in [3.05, 3.63) is 111 Å². The van der Waals surface area contributed by atoms with Crippen molar-refractivity contribution < 1.29 is 19.6 Å². The van der Waals surface area contributed by atoms with Crippen LogP contribution in [0.5, 0.6) is 0 Å². The summed E-state index contributed by atoms with van der Waals surface area (Å²) < 4.78 is 0. The molecule has 1 atom stereocenters. The Balaban J connectivity index is 1.94. The maximum Gasteiger partial charge on any atom is 0.300 e. The lowest BCUT2D eigenvalue weighted by molar-refractivity contribution is -0.384. The van der Waals surface area contributed by atoms with Gasteiger partial charge in [0.1, 0.15) is 5.76 Å². The van der Waals surface area contributed by atoms with E-state index in [0.29, 0.717) is 21.8 Å². The minimum Gasteiger partial charge on any atom is -0.507 e. The molecule has 1 N–H and O–H groups in total. The van der Waals surface area contributed by atoms with Crippen LogP contribution in [-0.4, -0.2) is 21.7 Å². The molecule has 1 fully saturated rings. The van der Waals surface area contributed by atoms with Crippen LogP contribution >= 0.6 is 11.6 Å². The molecule has 8 heteroatoms. The first-order chi connectivity index (χ1) is 14.9. The molecule has 31 heavy (non-hydrogen) atoms. The third-order valence-corrected chi connectivity index (χ3v) is 5.23. The molecule has 3 aromatic carbocycles. The number of halogens is 1. The van der Waals surface area contributed by atoms with E-state index in [1.54, 1.807) is 48.5 Å². The van der Waals surface area contributed by atoms with Crippen molar-refractivity contribution in [3.63, 3.8) is 0 Å². The van der Waals surface area contributed by atoms with Crippen LogP contribution in [0.15, 0.2) is 84.4 Å². The van der Waals surface area contributed by atoms with Gasteiger partial charge in [0.05, 0.1) is 16.5 Å². The van der Waals surface area contributed by atoms with Gasteiger partial charge >= 0.3 is 0 Å². The summed E-state index contributed by atoms with van der Waals surface area (Å²) in [6.45, 7) is 0. The van der Waals surface area contributed by atoms with E-state index in [1.807, 2.05) is 0 Å². The topological polar surface area (TPSA) is 101 Å². The zero-order chi connectivity index (χ0) is 22.1. The maximum atomic E-state index is 13.0. The number of anilines is 1. The van der Waals surface area contributed by atoms with Gasteiger partial charge in [-0.2, -0.15) is 0 Å². The Morgan fingerprint density at radius 3 is 2.26 bits per heavy atom. The highest BCUT2D eigenvalue weighted by molar-refractivity contribution is 6.51. The fourth-order valence-corrected chi connectivity index (χ4v) is 3.75. The summed E-state index contributed by atoms with van der Waals surface area (Å²) in [4.78, 5) is 37.7. The lowest BCUT2D eigenvalue weighted by atomic mass is 9.95. The fourth-order valence-electron chi connectivity index (χ4n) is 3.57. The number of Topliss-reactive ketones (excluding diaryl/α,β-unsaturated/α-hetero) is 1. The van der Waals surface area contributed by atoms with Gasteiger partial charge < -0.3 is 5.11 Å². The van der Waals surface area contributed by atoms with Crippen molar-refractivity contribution in [3.8, 4) is 0 Å². The molecule has 0 spiro atoms. The number of nitro groups is 1. The summed E-state index contributed by atoms with van der Waals surface area (Å²) in [5.41, 5.74) is 0.933. The maximum absolute atomic E-state index is 13.0. The molecule has 1 heterocycles. The number of non-ortho nitro benzene ring substituents is 1. The van der Waals surface area contributed by atoms with E-state index < -0.39 is 22.7 Å². The van der Waals surface area contributed by atoms with Crippen molar-refractivity contribution in [1.82, 2.24) is 0 Å². The van der Waals surface area contributed by atoms with E-state index in [4.69, 9.17) is 11.6 Å². The molecule has 154 valence electrons. The number of aliphatic hydroxyl groups excluding tert-OH is 1. The second kappa shape index (κ2) is 8.04. The Labute approximate surface area is 182 Å². The number of benzene rings is 3. The highest BCUT2D eigenvalue weighted by Crippen LogP contribution is 2.42. The largest absolute Gasteiger partial charge is 0.507 e. The quantitative estimate of drug-likeness (QED) is 0.207. The standard InChI is InChI=1S/C23H15ClN2O5/c24-16-7-4-8-18(13-16)25-20(14-9-11-17(12-10-14)26(30)31)19(22(28)23(25)29)21(27)15-5-2-1-3-6-15/h1-13,20,27H/t20-/m0/s1. The van der Waals surface area contributed by atoms with Crippen molar-refractivity contribution in [1.29, 1.82) is 0 Å². The Hall–Kier alpha value is -3.97. The smallest absolute Gasteiger partial charge is 0.300 e. The van der Waals surface area contributed by atoms with Crippen LogP contribution in [0.25, 0.3) is 5.76 Å². The molecule has 3 aromatic rings. The Kier molecular flexibility index (Phi) is 5.27. The lowest BCUT2D eigenvalue weighted by Crippen LogP contribution is -2.29.